The number of halogens is 1. The van der Waals surface area contributed by atoms with Gasteiger partial charge in [-0.15, -0.1) is 0 Å². The van der Waals surface area contributed by atoms with Gasteiger partial charge in [0.2, 0.25) is 5.91 Å². The number of carbonyl (C=O) groups excluding carboxylic acids is 2. The molecule has 2 aromatic rings. The maximum absolute atomic E-state index is 14.0. The van der Waals surface area contributed by atoms with E-state index in [1.807, 2.05) is 0 Å². The van der Waals surface area contributed by atoms with E-state index < -0.39 is 5.82 Å². The van der Waals surface area contributed by atoms with Crippen LogP contribution in [0.25, 0.3) is 11.3 Å². The van der Waals surface area contributed by atoms with Crippen molar-refractivity contribution in [3.8, 4) is 11.3 Å². The number of ketones is 1. The van der Waals surface area contributed by atoms with E-state index >= 15 is 0 Å². The highest BCUT2D eigenvalue weighted by Gasteiger charge is 2.60. The maximum Gasteiger partial charge on any atom is 0.220 e. The molecule has 1 amide bonds. The molecule has 7 nitrogen and oxygen atoms in total. The first-order valence-corrected chi connectivity index (χ1v) is 8.66. The Morgan fingerprint density at radius 3 is 2.92 bits per heavy atom. The fraction of sp³-hybridized carbons (Fsp3) is 0.444. The standard InChI is InChI=1S/C18H20FN5O2/c1-9-4-11(13(19)8-21-9)14-5-15(24-23-14)16(25)12-7-18(12)6-10(17(20)26)2-3-22-18/h4-5,8,10,12,22H,2-3,6-7H2,1H3,(H2,20,26)(H,23,24). The normalized spacial score (nSPS) is 27.5. The topological polar surface area (TPSA) is 114 Å². The van der Waals surface area contributed by atoms with Gasteiger partial charge in [-0.1, -0.05) is 0 Å². The van der Waals surface area contributed by atoms with E-state index in [4.69, 9.17) is 5.73 Å². The molecule has 1 aliphatic carbocycles. The van der Waals surface area contributed by atoms with Crippen molar-refractivity contribution in [3.05, 3.63) is 35.5 Å². The summed E-state index contributed by atoms with van der Waals surface area (Å²) in [6.45, 7) is 2.44. The smallest absolute Gasteiger partial charge is 0.220 e. The third-order valence-corrected chi connectivity index (χ3v) is 5.49. The van der Waals surface area contributed by atoms with Crippen molar-refractivity contribution in [1.29, 1.82) is 0 Å². The van der Waals surface area contributed by atoms with E-state index in [2.05, 4.69) is 20.5 Å². The molecule has 2 aromatic heterocycles. The first-order valence-electron chi connectivity index (χ1n) is 8.66. The van der Waals surface area contributed by atoms with Gasteiger partial charge in [0.1, 0.15) is 5.69 Å². The Morgan fingerprint density at radius 2 is 2.15 bits per heavy atom. The van der Waals surface area contributed by atoms with Crippen LogP contribution in [-0.4, -0.2) is 39.0 Å². The van der Waals surface area contributed by atoms with Crippen molar-refractivity contribution < 1.29 is 14.0 Å². The highest BCUT2D eigenvalue weighted by molar-refractivity contribution is 6.00. The minimum absolute atomic E-state index is 0.0763. The average molecular weight is 357 g/mol. The zero-order valence-corrected chi connectivity index (χ0v) is 14.4. The maximum atomic E-state index is 14.0. The summed E-state index contributed by atoms with van der Waals surface area (Å²) in [6.07, 6.45) is 3.10. The number of aryl methyl sites for hydroxylation is 1. The summed E-state index contributed by atoms with van der Waals surface area (Å²) in [6, 6.07) is 3.17. The number of piperidine rings is 1. The van der Waals surface area contributed by atoms with E-state index in [0.29, 0.717) is 48.5 Å². The van der Waals surface area contributed by atoms with Crippen molar-refractivity contribution in [2.75, 3.05) is 6.54 Å². The molecule has 0 radical (unpaired) electrons. The minimum atomic E-state index is -0.484. The second-order valence-corrected chi connectivity index (χ2v) is 7.27. The number of nitrogens with zero attached hydrogens (tertiary/aromatic N) is 2. The molecule has 1 aliphatic heterocycles. The van der Waals surface area contributed by atoms with Crippen LogP contribution in [0.5, 0.6) is 0 Å². The summed E-state index contributed by atoms with van der Waals surface area (Å²) < 4.78 is 14.0. The fourth-order valence-electron chi connectivity index (χ4n) is 3.94. The number of rotatable bonds is 4. The molecule has 26 heavy (non-hydrogen) atoms. The lowest BCUT2D eigenvalue weighted by Gasteiger charge is -2.29. The number of Topliss-reactive ketones (excluding diaryl/α,β-unsaturated/α-hetero) is 1. The van der Waals surface area contributed by atoms with Gasteiger partial charge in [-0.3, -0.25) is 19.7 Å². The Hall–Kier alpha value is -2.61. The van der Waals surface area contributed by atoms with E-state index in [9.17, 15) is 14.0 Å². The predicted molar refractivity (Wildman–Crippen MR) is 91.6 cm³/mol. The Labute approximate surface area is 149 Å². The van der Waals surface area contributed by atoms with Crippen molar-refractivity contribution in [1.82, 2.24) is 20.5 Å². The number of nitrogens with two attached hydrogens (primary N) is 1. The molecule has 0 aromatic carbocycles. The molecule has 4 rings (SSSR count). The molecular weight excluding hydrogens is 337 g/mol. The van der Waals surface area contributed by atoms with Crippen molar-refractivity contribution >= 4 is 11.7 Å². The largest absolute Gasteiger partial charge is 0.369 e. The third kappa shape index (κ3) is 2.80. The van der Waals surface area contributed by atoms with Crippen LogP contribution >= 0.6 is 0 Å². The number of aromatic amines is 1. The number of H-pyrrole nitrogens is 1. The Kier molecular flexibility index (Phi) is 3.87. The van der Waals surface area contributed by atoms with Gasteiger partial charge < -0.3 is 11.1 Å². The van der Waals surface area contributed by atoms with E-state index in [0.717, 1.165) is 6.20 Å². The summed E-state index contributed by atoms with van der Waals surface area (Å²) >= 11 is 0. The number of pyridine rings is 1. The van der Waals surface area contributed by atoms with Crippen molar-refractivity contribution in [2.24, 2.45) is 17.6 Å². The zero-order chi connectivity index (χ0) is 18.5. The Balaban J connectivity index is 1.53. The third-order valence-electron chi connectivity index (χ3n) is 5.49. The highest BCUT2D eigenvalue weighted by Crippen LogP contribution is 2.51. The number of nitrogens with one attached hydrogen (secondary N) is 2. The van der Waals surface area contributed by atoms with Crippen LogP contribution in [0.1, 0.15) is 35.4 Å². The monoisotopic (exact) mass is 357 g/mol. The van der Waals surface area contributed by atoms with Gasteiger partial charge in [0.15, 0.2) is 11.6 Å². The number of hydrogen-bond acceptors (Lipinski definition) is 5. The molecule has 3 heterocycles. The summed E-state index contributed by atoms with van der Waals surface area (Å²) in [5, 5.41) is 10.2. The zero-order valence-electron chi connectivity index (χ0n) is 14.4. The van der Waals surface area contributed by atoms with Crippen LogP contribution in [0.15, 0.2) is 18.3 Å². The summed E-state index contributed by atoms with van der Waals surface area (Å²) in [4.78, 5) is 28.2. The molecule has 2 aliphatic rings. The highest BCUT2D eigenvalue weighted by atomic mass is 19.1. The molecule has 3 unspecified atom stereocenters. The molecule has 1 saturated heterocycles. The number of amides is 1. The minimum Gasteiger partial charge on any atom is -0.369 e. The number of aromatic nitrogens is 3. The summed E-state index contributed by atoms with van der Waals surface area (Å²) in [5.41, 5.74) is 6.78. The lowest BCUT2D eigenvalue weighted by Crippen LogP contribution is -2.46. The van der Waals surface area contributed by atoms with Gasteiger partial charge in [-0.25, -0.2) is 4.39 Å². The van der Waals surface area contributed by atoms with Gasteiger partial charge in [-0.2, -0.15) is 5.10 Å². The lowest BCUT2D eigenvalue weighted by atomic mass is 9.88. The number of carbonyl (C=O) groups is 2. The van der Waals surface area contributed by atoms with Crippen molar-refractivity contribution in [2.45, 2.75) is 31.7 Å². The van der Waals surface area contributed by atoms with E-state index in [1.165, 1.54) is 0 Å². The van der Waals surface area contributed by atoms with E-state index in [-0.39, 0.29) is 29.1 Å². The SMILES string of the molecule is Cc1cc(-c2cc(C(=O)C3CC34CC(C(N)=O)CCN4)[nH]n2)c(F)cn1. The molecule has 4 N–H and O–H groups in total. The lowest BCUT2D eigenvalue weighted by molar-refractivity contribution is -0.123. The van der Waals surface area contributed by atoms with Crippen LogP contribution < -0.4 is 11.1 Å². The number of hydrogen-bond donors (Lipinski definition) is 3. The molecule has 0 bridgehead atoms. The molecule has 1 spiro atoms. The second-order valence-electron chi connectivity index (χ2n) is 7.27. The van der Waals surface area contributed by atoms with Gasteiger partial charge in [0.05, 0.1) is 11.9 Å². The van der Waals surface area contributed by atoms with E-state index in [1.54, 1.807) is 19.1 Å². The fourth-order valence-corrected chi connectivity index (χ4v) is 3.94. The van der Waals surface area contributed by atoms with Crippen LogP contribution in [0.2, 0.25) is 0 Å². The van der Waals surface area contributed by atoms with Gasteiger partial charge >= 0.3 is 0 Å². The summed E-state index contributed by atoms with van der Waals surface area (Å²) in [7, 11) is 0. The Bertz CT molecular complexity index is 895. The van der Waals surface area contributed by atoms with Crippen LogP contribution in [-0.2, 0) is 4.79 Å². The first-order chi connectivity index (χ1) is 12.4. The van der Waals surface area contributed by atoms with Crippen LogP contribution in [0.3, 0.4) is 0 Å². The molecule has 2 fully saturated rings. The quantitative estimate of drug-likeness (QED) is 0.715. The summed E-state index contributed by atoms with van der Waals surface area (Å²) in [5.74, 6) is -1.28. The molecule has 136 valence electrons. The van der Waals surface area contributed by atoms with Gasteiger partial charge in [0, 0.05) is 28.6 Å². The first kappa shape index (κ1) is 16.8. The Morgan fingerprint density at radius 1 is 1.35 bits per heavy atom. The average Bonchev–Trinajstić information content (AvgIpc) is 3.07. The van der Waals surface area contributed by atoms with Gasteiger partial charge in [0.25, 0.3) is 0 Å². The number of primary amides is 1. The molecule has 8 heteroatoms. The second kappa shape index (κ2) is 5.98. The predicted octanol–water partition coefficient (Wildman–Crippen LogP) is 1.35. The molecule has 1 saturated carbocycles. The molecular formula is C18H20FN5O2. The molecule has 3 atom stereocenters. The van der Waals surface area contributed by atoms with Gasteiger partial charge in [-0.05, 0) is 44.9 Å². The van der Waals surface area contributed by atoms with Crippen LogP contribution in [0, 0.1) is 24.6 Å². The van der Waals surface area contributed by atoms with Crippen LogP contribution in [0.4, 0.5) is 4.39 Å². The van der Waals surface area contributed by atoms with Crippen molar-refractivity contribution in [3.63, 3.8) is 0 Å².